The molecule has 0 heterocycles. The Bertz CT molecular complexity index is 259. The summed E-state index contributed by atoms with van der Waals surface area (Å²) in [6.45, 7) is 4.37. The maximum Gasteiger partial charge on any atom is 0.222 e. The summed E-state index contributed by atoms with van der Waals surface area (Å²) in [4.78, 5) is 12.2. The summed E-state index contributed by atoms with van der Waals surface area (Å²) >= 11 is 0. The smallest absolute Gasteiger partial charge is 0.222 e. The standard InChI is InChI=1S/C16H32N2O/c1-3-5-10-14(9-4-2)18-15(19)13-16(17)11-7-6-8-12-16/h14H,3-13,17H2,1-2H3,(H,18,19). The quantitative estimate of drug-likeness (QED) is 0.707. The van der Waals surface area contributed by atoms with E-state index in [0.29, 0.717) is 12.5 Å². The molecule has 1 aliphatic carbocycles. The van der Waals surface area contributed by atoms with Crippen LogP contribution in [0.5, 0.6) is 0 Å². The van der Waals surface area contributed by atoms with Crippen LogP contribution in [0.15, 0.2) is 0 Å². The van der Waals surface area contributed by atoms with E-state index in [1.54, 1.807) is 0 Å². The largest absolute Gasteiger partial charge is 0.353 e. The van der Waals surface area contributed by atoms with Crippen LogP contribution in [-0.2, 0) is 4.79 Å². The molecule has 3 heteroatoms. The molecule has 0 bridgehead atoms. The lowest BCUT2D eigenvalue weighted by Crippen LogP contribution is -2.47. The average Bonchev–Trinajstić information content (AvgIpc) is 2.36. The van der Waals surface area contributed by atoms with Crippen molar-refractivity contribution in [3.8, 4) is 0 Å². The molecule has 1 fully saturated rings. The highest BCUT2D eigenvalue weighted by Gasteiger charge is 2.30. The highest BCUT2D eigenvalue weighted by atomic mass is 16.1. The molecule has 0 aromatic rings. The number of nitrogens with one attached hydrogen (secondary N) is 1. The van der Waals surface area contributed by atoms with Gasteiger partial charge in [-0.15, -0.1) is 0 Å². The predicted molar refractivity (Wildman–Crippen MR) is 81.0 cm³/mol. The maximum atomic E-state index is 12.2. The molecular formula is C16H32N2O. The molecule has 112 valence electrons. The predicted octanol–water partition coefficient (Wildman–Crippen LogP) is 3.51. The van der Waals surface area contributed by atoms with E-state index in [9.17, 15) is 4.79 Å². The van der Waals surface area contributed by atoms with Gasteiger partial charge in [0.05, 0.1) is 0 Å². The van der Waals surface area contributed by atoms with Gasteiger partial charge in [0.15, 0.2) is 0 Å². The van der Waals surface area contributed by atoms with Gasteiger partial charge in [-0.3, -0.25) is 4.79 Å². The zero-order valence-electron chi connectivity index (χ0n) is 12.8. The Balaban J connectivity index is 2.38. The van der Waals surface area contributed by atoms with Crippen molar-refractivity contribution < 1.29 is 4.79 Å². The van der Waals surface area contributed by atoms with Gasteiger partial charge in [0, 0.05) is 18.0 Å². The van der Waals surface area contributed by atoms with Crippen LogP contribution in [0.25, 0.3) is 0 Å². The fraction of sp³-hybridized carbons (Fsp3) is 0.938. The number of rotatable bonds is 8. The molecule has 1 amide bonds. The Hall–Kier alpha value is -0.570. The summed E-state index contributed by atoms with van der Waals surface area (Å²) in [6.07, 6.45) is 11.9. The van der Waals surface area contributed by atoms with Gasteiger partial charge in [-0.1, -0.05) is 52.4 Å². The fourth-order valence-electron chi connectivity index (χ4n) is 3.12. The first-order valence-corrected chi connectivity index (χ1v) is 8.18. The molecule has 1 atom stereocenters. The van der Waals surface area contributed by atoms with Crippen molar-refractivity contribution in [2.75, 3.05) is 0 Å². The van der Waals surface area contributed by atoms with Crippen molar-refractivity contribution in [3.05, 3.63) is 0 Å². The summed E-state index contributed by atoms with van der Waals surface area (Å²) in [5.74, 6) is 0.166. The van der Waals surface area contributed by atoms with Gasteiger partial charge >= 0.3 is 0 Å². The molecule has 0 aromatic heterocycles. The molecular weight excluding hydrogens is 236 g/mol. The van der Waals surface area contributed by atoms with E-state index < -0.39 is 0 Å². The molecule has 1 saturated carbocycles. The second-order valence-corrected chi connectivity index (χ2v) is 6.30. The summed E-state index contributed by atoms with van der Waals surface area (Å²) in [7, 11) is 0. The maximum absolute atomic E-state index is 12.2. The average molecular weight is 268 g/mol. The third-order valence-corrected chi connectivity index (χ3v) is 4.27. The highest BCUT2D eigenvalue weighted by Crippen LogP contribution is 2.28. The fourth-order valence-corrected chi connectivity index (χ4v) is 3.12. The Morgan fingerprint density at radius 3 is 2.42 bits per heavy atom. The number of unbranched alkanes of at least 4 members (excludes halogenated alkanes) is 1. The van der Waals surface area contributed by atoms with Crippen LogP contribution in [0.1, 0.15) is 84.5 Å². The van der Waals surface area contributed by atoms with E-state index in [4.69, 9.17) is 5.73 Å². The molecule has 0 spiro atoms. The van der Waals surface area contributed by atoms with Gasteiger partial charge in [-0.2, -0.15) is 0 Å². The van der Waals surface area contributed by atoms with Crippen LogP contribution in [-0.4, -0.2) is 17.5 Å². The highest BCUT2D eigenvalue weighted by molar-refractivity contribution is 5.77. The molecule has 1 rings (SSSR count). The van der Waals surface area contributed by atoms with E-state index in [2.05, 4.69) is 19.2 Å². The zero-order chi connectivity index (χ0) is 14.1. The molecule has 19 heavy (non-hydrogen) atoms. The van der Waals surface area contributed by atoms with Crippen molar-refractivity contribution in [3.63, 3.8) is 0 Å². The van der Waals surface area contributed by atoms with Crippen molar-refractivity contribution in [2.45, 2.75) is 96.1 Å². The van der Waals surface area contributed by atoms with Crippen molar-refractivity contribution in [1.29, 1.82) is 0 Å². The lowest BCUT2D eigenvalue weighted by Gasteiger charge is -2.33. The first-order valence-electron chi connectivity index (χ1n) is 8.18. The lowest BCUT2D eigenvalue weighted by atomic mass is 9.80. The second kappa shape index (κ2) is 8.57. The SMILES string of the molecule is CCCCC(CCC)NC(=O)CC1(N)CCCCC1. The Morgan fingerprint density at radius 1 is 1.16 bits per heavy atom. The molecule has 1 aliphatic rings. The Labute approximate surface area is 118 Å². The summed E-state index contributed by atoms with van der Waals surface area (Å²) in [5.41, 5.74) is 6.12. The first kappa shape index (κ1) is 16.5. The summed E-state index contributed by atoms with van der Waals surface area (Å²) < 4.78 is 0. The number of carbonyl (C=O) groups excluding carboxylic acids is 1. The van der Waals surface area contributed by atoms with E-state index >= 15 is 0 Å². The lowest BCUT2D eigenvalue weighted by molar-refractivity contribution is -0.123. The minimum atomic E-state index is -0.232. The molecule has 1 unspecified atom stereocenters. The Kier molecular flexibility index (Phi) is 7.44. The van der Waals surface area contributed by atoms with Crippen LogP contribution in [0.2, 0.25) is 0 Å². The normalized spacial score (nSPS) is 19.9. The topological polar surface area (TPSA) is 55.1 Å². The van der Waals surface area contributed by atoms with Crippen LogP contribution in [0.4, 0.5) is 0 Å². The molecule has 0 aromatic carbocycles. The number of amides is 1. The van der Waals surface area contributed by atoms with Gasteiger partial charge in [0.25, 0.3) is 0 Å². The summed E-state index contributed by atoms with van der Waals surface area (Å²) in [6, 6.07) is 0.352. The molecule has 0 saturated heterocycles. The minimum Gasteiger partial charge on any atom is -0.353 e. The van der Waals surface area contributed by atoms with Crippen LogP contribution in [0, 0.1) is 0 Å². The van der Waals surface area contributed by atoms with Crippen molar-refractivity contribution >= 4 is 5.91 Å². The van der Waals surface area contributed by atoms with Gasteiger partial charge in [0.2, 0.25) is 5.91 Å². The molecule has 3 nitrogen and oxygen atoms in total. The van der Waals surface area contributed by atoms with Crippen LogP contribution >= 0.6 is 0 Å². The number of nitrogens with two attached hydrogens (primary N) is 1. The van der Waals surface area contributed by atoms with E-state index in [1.807, 2.05) is 0 Å². The number of hydrogen-bond donors (Lipinski definition) is 2. The van der Waals surface area contributed by atoms with E-state index in [-0.39, 0.29) is 11.4 Å². The second-order valence-electron chi connectivity index (χ2n) is 6.30. The summed E-state index contributed by atoms with van der Waals surface area (Å²) in [5, 5.41) is 3.21. The molecule has 0 aliphatic heterocycles. The molecule has 3 N–H and O–H groups in total. The van der Waals surface area contributed by atoms with Crippen LogP contribution < -0.4 is 11.1 Å². The van der Waals surface area contributed by atoms with Gasteiger partial charge < -0.3 is 11.1 Å². The number of carbonyl (C=O) groups is 1. The van der Waals surface area contributed by atoms with E-state index in [0.717, 1.165) is 32.1 Å². The Morgan fingerprint density at radius 2 is 1.84 bits per heavy atom. The monoisotopic (exact) mass is 268 g/mol. The van der Waals surface area contributed by atoms with Gasteiger partial charge in [0.1, 0.15) is 0 Å². The minimum absolute atomic E-state index is 0.166. The van der Waals surface area contributed by atoms with Gasteiger partial charge in [-0.05, 0) is 25.7 Å². The zero-order valence-corrected chi connectivity index (χ0v) is 12.8. The van der Waals surface area contributed by atoms with Crippen molar-refractivity contribution in [2.24, 2.45) is 5.73 Å². The van der Waals surface area contributed by atoms with Crippen LogP contribution in [0.3, 0.4) is 0 Å². The first-order chi connectivity index (χ1) is 9.09. The van der Waals surface area contributed by atoms with Crippen molar-refractivity contribution in [1.82, 2.24) is 5.32 Å². The third-order valence-electron chi connectivity index (χ3n) is 4.27. The van der Waals surface area contributed by atoms with E-state index in [1.165, 1.54) is 32.1 Å². The molecule has 0 radical (unpaired) electrons. The third kappa shape index (κ3) is 6.42. The number of hydrogen-bond acceptors (Lipinski definition) is 2. The van der Waals surface area contributed by atoms with Gasteiger partial charge in [-0.25, -0.2) is 0 Å².